The third-order valence-corrected chi connectivity index (χ3v) is 3.84. The molecule has 110 valence electrons. The van der Waals surface area contributed by atoms with Gasteiger partial charge in [0.15, 0.2) is 0 Å². The van der Waals surface area contributed by atoms with E-state index in [4.69, 9.17) is 16.3 Å². The van der Waals surface area contributed by atoms with Gasteiger partial charge < -0.3 is 4.74 Å². The van der Waals surface area contributed by atoms with Gasteiger partial charge in [-0.05, 0) is 46.3 Å². The Morgan fingerprint density at radius 1 is 1.23 bits per heavy atom. The molecule has 0 N–H and O–H groups in total. The molecule has 0 fully saturated rings. The van der Waals surface area contributed by atoms with Crippen molar-refractivity contribution in [1.82, 2.24) is 4.98 Å². The second-order valence-electron chi connectivity index (χ2n) is 4.46. The lowest BCUT2D eigenvalue weighted by molar-refractivity contribution is -0.385. The zero-order chi connectivity index (χ0) is 15.7. The molecule has 0 radical (unpaired) electrons. The monoisotopic (exact) mass is 378 g/mol. The molecule has 0 saturated carbocycles. The van der Waals surface area contributed by atoms with E-state index in [-0.39, 0.29) is 11.4 Å². The lowest BCUT2D eigenvalue weighted by Crippen LogP contribution is -1.94. The van der Waals surface area contributed by atoms with E-state index in [0.717, 1.165) is 10.9 Å². The average Bonchev–Trinajstić information content (AvgIpc) is 2.48. The summed E-state index contributed by atoms with van der Waals surface area (Å²) in [6.45, 7) is 0. The Labute approximate surface area is 138 Å². The number of aromatic nitrogens is 1. The first-order valence-electron chi connectivity index (χ1n) is 6.20. The van der Waals surface area contributed by atoms with Gasteiger partial charge in [0.05, 0.1) is 21.1 Å². The number of para-hydroxylation sites is 1. The first-order chi connectivity index (χ1) is 10.5. The van der Waals surface area contributed by atoms with E-state index in [0.29, 0.717) is 15.2 Å². The summed E-state index contributed by atoms with van der Waals surface area (Å²) in [4.78, 5) is 14.9. The second-order valence-corrected chi connectivity index (χ2v) is 5.75. The first kappa shape index (κ1) is 14.7. The van der Waals surface area contributed by atoms with E-state index < -0.39 is 4.92 Å². The molecule has 22 heavy (non-hydrogen) atoms. The van der Waals surface area contributed by atoms with Gasteiger partial charge in [-0.25, -0.2) is 0 Å². The van der Waals surface area contributed by atoms with Crippen LogP contribution in [-0.4, -0.2) is 9.91 Å². The number of halogens is 2. The largest absolute Gasteiger partial charge is 0.447 e. The van der Waals surface area contributed by atoms with Crippen molar-refractivity contribution in [2.75, 3.05) is 0 Å². The minimum absolute atomic E-state index is 0.124. The van der Waals surface area contributed by atoms with Crippen molar-refractivity contribution in [2.24, 2.45) is 0 Å². The molecule has 3 rings (SSSR count). The highest BCUT2D eigenvalue weighted by Crippen LogP contribution is 2.38. The summed E-state index contributed by atoms with van der Waals surface area (Å²) in [5.74, 6) is 0.528. The van der Waals surface area contributed by atoms with E-state index in [1.165, 1.54) is 12.3 Å². The summed E-state index contributed by atoms with van der Waals surface area (Å²) in [6.07, 6.45) is 1.51. The zero-order valence-corrected chi connectivity index (χ0v) is 13.3. The quantitative estimate of drug-likeness (QED) is 0.454. The Kier molecular flexibility index (Phi) is 3.96. The van der Waals surface area contributed by atoms with E-state index in [1.807, 2.05) is 0 Å². The van der Waals surface area contributed by atoms with Crippen LogP contribution >= 0.6 is 27.5 Å². The molecule has 5 nitrogen and oxygen atoms in total. The van der Waals surface area contributed by atoms with Gasteiger partial charge in [-0.1, -0.05) is 17.7 Å². The molecule has 1 aromatic heterocycles. The highest BCUT2D eigenvalue weighted by atomic mass is 79.9. The standard InChI is InChI=1S/C15H8BrClN2O3/c16-12-2-1-3-14(19(20)21)15(12)22-11-7-9-6-10(17)4-5-13(9)18-8-11/h1-8H. The number of hydrogen-bond acceptors (Lipinski definition) is 4. The number of fused-ring (bicyclic) bond motifs is 1. The van der Waals surface area contributed by atoms with Gasteiger partial charge in [-0.15, -0.1) is 0 Å². The van der Waals surface area contributed by atoms with Gasteiger partial charge in [0, 0.05) is 16.5 Å². The smallest absolute Gasteiger partial charge is 0.312 e. The Morgan fingerprint density at radius 3 is 2.82 bits per heavy atom. The predicted molar refractivity (Wildman–Crippen MR) is 87.6 cm³/mol. The molecule has 0 atom stereocenters. The Hall–Kier alpha value is -2.18. The Morgan fingerprint density at radius 2 is 2.05 bits per heavy atom. The van der Waals surface area contributed by atoms with Crippen LogP contribution in [0.25, 0.3) is 10.9 Å². The summed E-state index contributed by atoms with van der Waals surface area (Å²) in [5.41, 5.74) is 0.638. The van der Waals surface area contributed by atoms with Crippen LogP contribution in [0.4, 0.5) is 5.69 Å². The Bertz CT molecular complexity index is 886. The van der Waals surface area contributed by atoms with Gasteiger partial charge in [0.25, 0.3) is 0 Å². The lowest BCUT2D eigenvalue weighted by Gasteiger charge is -2.08. The fourth-order valence-electron chi connectivity index (χ4n) is 2.00. The topological polar surface area (TPSA) is 65.3 Å². The van der Waals surface area contributed by atoms with Crippen LogP contribution in [0.3, 0.4) is 0 Å². The summed E-state index contributed by atoms with van der Waals surface area (Å²) in [7, 11) is 0. The van der Waals surface area contributed by atoms with Crippen molar-refractivity contribution >= 4 is 44.1 Å². The van der Waals surface area contributed by atoms with Gasteiger partial charge in [0.1, 0.15) is 5.75 Å². The van der Waals surface area contributed by atoms with Crippen molar-refractivity contribution in [3.8, 4) is 11.5 Å². The van der Waals surface area contributed by atoms with Gasteiger partial charge in [-0.2, -0.15) is 0 Å². The number of rotatable bonds is 3. The number of hydrogen-bond donors (Lipinski definition) is 0. The second kappa shape index (κ2) is 5.90. The third-order valence-electron chi connectivity index (χ3n) is 2.98. The summed E-state index contributed by atoms with van der Waals surface area (Å²) in [6, 6.07) is 11.7. The lowest BCUT2D eigenvalue weighted by atomic mass is 10.2. The number of nitro groups is 1. The van der Waals surface area contributed by atoms with Crippen LogP contribution in [0.1, 0.15) is 0 Å². The summed E-state index contributed by atoms with van der Waals surface area (Å²) in [5, 5.41) is 12.5. The molecule has 0 saturated heterocycles. The molecule has 1 heterocycles. The highest BCUT2D eigenvalue weighted by Gasteiger charge is 2.19. The molecule has 0 bridgehead atoms. The molecule has 0 aliphatic rings. The first-order valence-corrected chi connectivity index (χ1v) is 7.38. The molecule has 0 amide bonds. The molecule has 0 spiro atoms. The van der Waals surface area contributed by atoms with Gasteiger partial charge >= 0.3 is 5.69 Å². The average molecular weight is 380 g/mol. The number of nitro benzene ring substituents is 1. The fraction of sp³-hybridized carbons (Fsp3) is 0. The van der Waals surface area contributed by atoms with Gasteiger partial charge in [-0.3, -0.25) is 15.1 Å². The number of benzene rings is 2. The normalized spacial score (nSPS) is 10.6. The van der Waals surface area contributed by atoms with E-state index >= 15 is 0 Å². The molecular weight excluding hydrogens is 372 g/mol. The van der Waals surface area contributed by atoms with Crippen LogP contribution in [0.15, 0.2) is 53.1 Å². The zero-order valence-electron chi connectivity index (χ0n) is 11.0. The highest BCUT2D eigenvalue weighted by molar-refractivity contribution is 9.10. The summed E-state index contributed by atoms with van der Waals surface area (Å²) < 4.78 is 6.15. The van der Waals surface area contributed by atoms with Crippen LogP contribution in [0.2, 0.25) is 5.02 Å². The number of pyridine rings is 1. The maximum atomic E-state index is 11.1. The predicted octanol–water partition coefficient (Wildman–Crippen LogP) is 5.35. The fourth-order valence-corrected chi connectivity index (χ4v) is 2.62. The minimum Gasteiger partial charge on any atom is -0.447 e. The maximum absolute atomic E-state index is 11.1. The van der Waals surface area contributed by atoms with Crippen molar-refractivity contribution in [3.05, 3.63) is 68.3 Å². The van der Waals surface area contributed by atoms with Gasteiger partial charge in [0.2, 0.25) is 5.75 Å². The van der Waals surface area contributed by atoms with E-state index in [9.17, 15) is 10.1 Å². The van der Waals surface area contributed by atoms with Crippen LogP contribution in [0, 0.1) is 10.1 Å². The third kappa shape index (κ3) is 2.88. The van der Waals surface area contributed by atoms with Crippen LogP contribution in [0.5, 0.6) is 11.5 Å². The number of ether oxygens (including phenoxy) is 1. The molecule has 0 aliphatic heterocycles. The molecule has 0 aliphatic carbocycles. The van der Waals surface area contributed by atoms with Crippen molar-refractivity contribution in [2.45, 2.75) is 0 Å². The van der Waals surface area contributed by atoms with Crippen molar-refractivity contribution < 1.29 is 9.66 Å². The Balaban J connectivity index is 2.05. The molecular formula is C15H8BrClN2O3. The van der Waals surface area contributed by atoms with Crippen molar-refractivity contribution in [3.63, 3.8) is 0 Å². The molecule has 0 unspecified atom stereocenters. The van der Waals surface area contributed by atoms with E-state index in [2.05, 4.69) is 20.9 Å². The molecule has 3 aromatic rings. The minimum atomic E-state index is -0.495. The van der Waals surface area contributed by atoms with Crippen LogP contribution < -0.4 is 4.74 Å². The van der Waals surface area contributed by atoms with Crippen molar-refractivity contribution in [1.29, 1.82) is 0 Å². The SMILES string of the molecule is O=[N+]([O-])c1cccc(Br)c1Oc1cnc2ccc(Cl)cc2c1. The summed E-state index contributed by atoms with van der Waals surface area (Å²) >= 11 is 9.22. The molecule has 7 heteroatoms. The maximum Gasteiger partial charge on any atom is 0.312 e. The van der Waals surface area contributed by atoms with Crippen LogP contribution in [-0.2, 0) is 0 Å². The molecule has 2 aromatic carbocycles. The number of nitrogens with zero attached hydrogens (tertiary/aromatic N) is 2. The van der Waals surface area contributed by atoms with E-state index in [1.54, 1.807) is 36.4 Å².